The number of carbonyl (C=O) groups excluding carboxylic acids is 1. The van der Waals surface area contributed by atoms with E-state index in [0.717, 1.165) is 0 Å². The first kappa shape index (κ1) is 20.2. The Morgan fingerprint density at radius 1 is 1.31 bits per heavy atom. The second-order valence-corrected chi connectivity index (χ2v) is 7.84. The van der Waals surface area contributed by atoms with Crippen molar-refractivity contribution < 1.29 is 27.9 Å². The molecule has 1 atom stereocenters. The zero-order valence-electron chi connectivity index (χ0n) is 14.7. The molecule has 2 N–H and O–H groups in total. The van der Waals surface area contributed by atoms with Gasteiger partial charge in [-0.05, 0) is 44.0 Å². The standard InChI is InChI=1S/C17H24N2O6S/c1-2-25-14-5-7-15(8-6-14)26(23,24)18-10-9-16(20)19-11-3-4-13(12-19)17(21)22/h5-8,13,18H,2-4,9-12H2,1H3,(H,21,22). The number of carboxylic acids is 1. The van der Waals surface area contributed by atoms with Gasteiger partial charge < -0.3 is 14.7 Å². The van der Waals surface area contributed by atoms with Gasteiger partial charge in [0, 0.05) is 26.1 Å². The van der Waals surface area contributed by atoms with E-state index < -0.39 is 21.9 Å². The summed E-state index contributed by atoms with van der Waals surface area (Å²) in [4.78, 5) is 24.8. The average molecular weight is 384 g/mol. The van der Waals surface area contributed by atoms with Crippen LogP contribution in [0.4, 0.5) is 0 Å². The van der Waals surface area contributed by atoms with Gasteiger partial charge in [0.05, 0.1) is 17.4 Å². The number of rotatable bonds is 8. The molecule has 0 radical (unpaired) electrons. The quantitative estimate of drug-likeness (QED) is 0.693. The van der Waals surface area contributed by atoms with Gasteiger partial charge in [0.1, 0.15) is 5.75 Å². The molecular weight excluding hydrogens is 360 g/mol. The number of piperidine rings is 1. The monoisotopic (exact) mass is 384 g/mol. The van der Waals surface area contributed by atoms with Crippen molar-refractivity contribution >= 4 is 21.9 Å². The number of amides is 1. The zero-order valence-corrected chi connectivity index (χ0v) is 15.5. The molecule has 1 aliphatic rings. The topological polar surface area (TPSA) is 113 Å². The van der Waals surface area contributed by atoms with Crippen LogP contribution >= 0.6 is 0 Å². The fourth-order valence-electron chi connectivity index (χ4n) is 2.82. The maximum absolute atomic E-state index is 12.2. The lowest BCUT2D eigenvalue weighted by atomic mass is 9.98. The van der Waals surface area contributed by atoms with Crippen molar-refractivity contribution in [2.24, 2.45) is 5.92 Å². The molecule has 1 aromatic carbocycles. The van der Waals surface area contributed by atoms with Crippen molar-refractivity contribution in [3.8, 4) is 5.75 Å². The molecule has 26 heavy (non-hydrogen) atoms. The molecule has 2 rings (SSSR count). The molecule has 9 heteroatoms. The smallest absolute Gasteiger partial charge is 0.308 e. The summed E-state index contributed by atoms with van der Waals surface area (Å²) in [5.74, 6) is -1.11. The molecule has 1 saturated heterocycles. The highest BCUT2D eigenvalue weighted by Crippen LogP contribution is 2.18. The lowest BCUT2D eigenvalue weighted by Gasteiger charge is -2.30. The minimum absolute atomic E-state index is 0.0113. The lowest BCUT2D eigenvalue weighted by Crippen LogP contribution is -2.43. The summed E-state index contributed by atoms with van der Waals surface area (Å²) in [6, 6.07) is 6.03. The Balaban J connectivity index is 1.85. The van der Waals surface area contributed by atoms with Gasteiger partial charge in [-0.3, -0.25) is 9.59 Å². The first-order valence-corrected chi connectivity index (χ1v) is 10.0. The van der Waals surface area contributed by atoms with E-state index in [4.69, 9.17) is 9.84 Å². The second kappa shape index (κ2) is 9.00. The fraction of sp³-hybridized carbons (Fsp3) is 0.529. The Morgan fingerprint density at radius 3 is 2.62 bits per heavy atom. The van der Waals surface area contributed by atoms with E-state index in [0.29, 0.717) is 31.7 Å². The minimum Gasteiger partial charge on any atom is -0.494 e. The highest BCUT2D eigenvalue weighted by atomic mass is 32.2. The highest BCUT2D eigenvalue weighted by Gasteiger charge is 2.28. The Labute approximate surface area is 153 Å². The maximum atomic E-state index is 12.2. The number of hydrogen-bond donors (Lipinski definition) is 2. The Hall–Kier alpha value is -2.13. The van der Waals surface area contributed by atoms with Crippen LogP contribution in [0.25, 0.3) is 0 Å². The van der Waals surface area contributed by atoms with Crippen LogP contribution in [-0.4, -0.2) is 56.5 Å². The molecule has 1 heterocycles. The van der Waals surface area contributed by atoms with E-state index in [1.165, 1.54) is 17.0 Å². The van der Waals surface area contributed by atoms with Crippen LogP contribution in [0.3, 0.4) is 0 Å². The number of benzene rings is 1. The van der Waals surface area contributed by atoms with E-state index in [9.17, 15) is 18.0 Å². The fourth-order valence-corrected chi connectivity index (χ4v) is 3.85. The van der Waals surface area contributed by atoms with E-state index in [2.05, 4.69) is 4.72 Å². The van der Waals surface area contributed by atoms with Crippen LogP contribution in [0.5, 0.6) is 5.75 Å². The van der Waals surface area contributed by atoms with Crippen LogP contribution in [0.1, 0.15) is 26.2 Å². The maximum Gasteiger partial charge on any atom is 0.308 e. The number of carboxylic acid groups (broad SMARTS) is 1. The molecule has 0 bridgehead atoms. The normalized spacial score (nSPS) is 17.7. The van der Waals surface area contributed by atoms with Crippen LogP contribution in [0.15, 0.2) is 29.2 Å². The number of nitrogens with zero attached hydrogens (tertiary/aromatic N) is 1. The van der Waals surface area contributed by atoms with Crippen LogP contribution in [-0.2, 0) is 19.6 Å². The number of nitrogens with one attached hydrogen (secondary N) is 1. The molecule has 144 valence electrons. The average Bonchev–Trinajstić information content (AvgIpc) is 2.62. The predicted octanol–water partition coefficient (Wildman–Crippen LogP) is 1.08. The SMILES string of the molecule is CCOc1ccc(S(=O)(=O)NCCC(=O)N2CCCC(C(=O)O)C2)cc1. The first-order valence-electron chi connectivity index (χ1n) is 8.56. The lowest BCUT2D eigenvalue weighted by molar-refractivity contribution is -0.145. The van der Waals surface area contributed by atoms with Gasteiger partial charge in [-0.2, -0.15) is 0 Å². The van der Waals surface area contributed by atoms with Gasteiger partial charge in [0.15, 0.2) is 0 Å². The molecule has 0 spiro atoms. The summed E-state index contributed by atoms with van der Waals surface area (Å²) in [5.41, 5.74) is 0. The Kier molecular flexibility index (Phi) is 6.98. The van der Waals surface area contributed by atoms with Crippen molar-refractivity contribution in [1.29, 1.82) is 0 Å². The van der Waals surface area contributed by atoms with E-state index in [-0.39, 0.29) is 30.3 Å². The number of hydrogen-bond acceptors (Lipinski definition) is 5. The van der Waals surface area contributed by atoms with Crippen molar-refractivity contribution in [2.45, 2.75) is 31.1 Å². The van der Waals surface area contributed by atoms with Crippen molar-refractivity contribution in [2.75, 3.05) is 26.2 Å². The second-order valence-electron chi connectivity index (χ2n) is 6.07. The molecule has 0 aromatic heterocycles. The molecule has 1 unspecified atom stereocenters. The van der Waals surface area contributed by atoms with Crippen molar-refractivity contribution in [1.82, 2.24) is 9.62 Å². The molecule has 1 fully saturated rings. The van der Waals surface area contributed by atoms with Gasteiger partial charge >= 0.3 is 5.97 Å². The summed E-state index contributed by atoms with van der Waals surface area (Å²) in [6.07, 6.45) is 1.19. The van der Waals surface area contributed by atoms with Crippen LogP contribution < -0.4 is 9.46 Å². The van der Waals surface area contributed by atoms with Crippen molar-refractivity contribution in [3.05, 3.63) is 24.3 Å². The molecule has 1 aliphatic heterocycles. The Morgan fingerprint density at radius 2 is 2.00 bits per heavy atom. The molecule has 0 aliphatic carbocycles. The summed E-state index contributed by atoms with van der Waals surface area (Å²) in [7, 11) is -3.71. The number of aliphatic carboxylic acids is 1. The molecule has 1 amide bonds. The van der Waals surface area contributed by atoms with Crippen LogP contribution in [0.2, 0.25) is 0 Å². The van der Waals surface area contributed by atoms with Gasteiger partial charge in [-0.1, -0.05) is 0 Å². The molecule has 1 aromatic rings. The number of likely N-dealkylation sites (tertiary alicyclic amines) is 1. The van der Waals surface area contributed by atoms with Gasteiger partial charge in [0.2, 0.25) is 15.9 Å². The van der Waals surface area contributed by atoms with Gasteiger partial charge in [0.25, 0.3) is 0 Å². The Bertz CT molecular complexity index is 732. The molecular formula is C17H24N2O6S. The van der Waals surface area contributed by atoms with Crippen LogP contribution in [0, 0.1) is 5.92 Å². The van der Waals surface area contributed by atoms with Crippen molar-refractivity contribution in [3.63, 3.8) is 0 Å². The number of sulfonamides is 1. The van der Waals surface area contributed by atoms with E-state index in [1.54, 1.807) is 12.1 Å². The third-order valence-corrected chi connectivity index (χ3v) is 5.68. The third-order valence-electron chi connectivity index (χ3n) is 4.20. The number of carbonyl (C=O) groups is 2. The predicted molar refractivity (Wildman–Crippen MR) is 94.4 cm³/mol. The highest BCUT2D eigenvalue weighted by molar-refractivity contribution is 7.89. The number of ether oxygens (including phenoxy) is 1. The molecule has 0 saturated carbocycles. The summed E-state index contributed by atoms with van der Waals surface area (Å²) >= 11 is 0. The largest absolute Gasteiger partial charge is 0.494 e. The summed E-state index contributed by atoms with van der Waals surface area (Å²) < 4.78 is 32.2. The van der Waals surface area contributed by atoms with Gasteiger partial charge in [-0.25, -0.2) is 13.1 Å². The minimum atomic E-state index is -3.71. The summed E-state index contributed by atoms with van der Waals surface area (Å²) in [5, 5.41) is 9.06. The molecule has 8 nitrogen and oxygen atoms in total. The van der Waals surface area contributed by atoms with Gasteiger partial charge in [-0.15, -0.1) is 0 Å². The zero-order chi connectivity index (χ0) is 19.2. The third kappa shape index (κ3) is 5.43. The first-order chi connectivity index (χ1) is 12.3. The van der Waals surface area contributed by atoms with E-state index >= 15 is 0 Å². The van der Waals surface area contributed by atoms with E-state index in [1.807, 2.05) is 6.92 Å². The summed E-state index contributed by atoms with van der Waals surface area (Å²) in [6.45, 7) is 2.98.